The second kappa shape index (κ2) is 4.21. The normalized spacial score (nSPS) is 30.8. The fourth-order valence-electron chi connectivity index (χ4n) is 2.06. The molecule has 0 aromatic heterocycles. The van der Waals surface area contributed by atoms with Crippen molar-refractivity contribution in [2.75, 3.05) is 13.7 Å². The Hall–Kier alpha value is -1.24. The number of thioether (sulfide) groups is 1. The van der Waals surface area contributed by atoms with Crippen LogP contribution in [0, 0.1) is 0 Å². The molecule has 0 aromatic rings. The molecule has 94 valence electrons. The third kappa shape index (κ3) is 1.99. The summed E-state index contributed by atoms with van der Waals surface area (Å²) in [5.41, 5.74) is 0. The van der Waals surface area contributed by atoms with Crippen molar-refractivity contribution < 1.29 is 24.2 Å². The van der Waals surface area contributed by atoms with Crippen LogP contribution in [0.1, 0.15) is 19.3 Å². The van der Waals surface area contributed by atoms with Crippen LogP contribution in [0.2, 0.25) is 0 Å². The molecule has 0 radical (unpaired) electrons. The molecule has 2 aliphatic heterocycles. The molecule has 6 nitrogen and oxygen atoms in total. The first-order chi connectivity index (χ1) is 7.98. The molecule has 0 bridgehead atoms. The summed E-state index contributed by atoms with van der Waals surface area (Å²) in [7, 11) is 1.27. The van der Waals surface area contributed by atoms with E-state index < -0.39 is 16.7 Å². The number of β-lactam (4-membered cyclic amide) rings is 1. The number of ether oxygens (including phenoxy) is 1. The van der Waals surface area contributed by atoms with E-state index in [1.54, 1.807) is 4.90 Å². The van der Waals surface area contributed by atoms with Crippen molar-refractivity contribution in [2.45, 2.75) is 29.4 Å². The van der Waals surface area contributed by atoms with E-state index in [1.807, 2.05) is 0 Å². The molecule has 2 rings (SSSR count). The number of methoxy groups -OCH3 is 1. The number of carboxylic acids is 1. The SMILES string of the molecule is COC(=O)CCC1(C(=O)O)CN2C(=O)C[C@H]2S1. The molecule has 1 amide bonds. The van der Waals surface area contributed by atoms with Crippen LogP contribution in [-0.4, -0.2) is 51.6 Å². The molecule has 1 N–H and O–H groups in total. The number of nitrogens with zero attached hydrogens (tertiary/aromatic N) is 1. The molecular weight excluding hydrogens is 246 g/mol. The van der Waals surface area contributed by atoms with Gasteiger partial charge in [0.25, 0.3) is 0 Å². The number of rotatable bonds is 4. The minimum atomic E-state index is -1.05. The maximum atomic E-state index is 11.3. The lowest BCUT2D eigenvalue weighted by molar-refractivity contribution is -0.144. The summed E-state index contributed by atoms with van der Waals surface area (Å²) in [4.78, 5) is 35.2. The van der Waals surface area contributed by atoms with Crippen LogP contribution in [0.3, 0.4) is 0 Å². The second-order valence-electron chi connectivity index (χ2n) is 4.17. The zero-order chi connectivity index (χ0) is 12.6. The Balaban J connectivity index is 2.04. The van der Waals surface area contributed by atoms with Gasteiger partial charge in [-0.15, -0.1) is 11.8 Å². The van der Waals surface area contributed by atoms with Crippen molar-refractivity contribution in [2.24, 2.45) is 0 Å². The Morgan fingerprint density at radius 3 is 2.82 bits per heavy atom. The number of aliphatic carboxylic acids is 1. The average molecular weight is 259 g/mol. The number of carbonyl (C=O) groups excluding carboxylic acids is 2. The van der Waals surface area contributed by atoms with E-state index in [1.165, 1.54) is 18.9 Å². The molecule has 0 aromatic carbocycles. The van der Waals surface area contributed by atoms with Gasteiger partial charge in [-0.05, 0) is 6.42 Å². The fraction of sp³-hybridized carbons (Fsp3) is 0.700. The lowest BCUT2D eigenvalue weighted by atomic mass is 10.00. The molecule has 2 heterocycles. The number of amides is 1. The lowest BCUT2D eigenvalue weighted by Crippen LogP contribution is -2.49. The summed E-state index contributed by atoms with van der Waals surface area (Å²) in [6.07, 6.45) is 0.655. The van der Waals surface area contributed by atoms with Crippen LogP contribution < -0.4 is 0 Å². The highest BCUT2D eigenvalue weighted by atomic mass is 32.2. The summed E-state index contributed by atoms with van der Waals surface area (Å²) in [5.74, 6) is -1.40. The van der Waals surface area contributed by atoms with Gasteiger partial charge in [-0.2, -0.15) is 0 Å². The van der Waals surface area contributed by atoms with Crippen LogP contribution in [-0.2, 0) is 19.1 Å². The Labute approximate surface area is 102 Å². The maximum Gasteiger partial charge on any atom is 0.321 e. The number of carbonyl (C=O) groups is 3. The zero-order valence-electron chi connectivity index (χ0n) is 9.34. The number of carboxylic acid groups (broad SMARTS) is 1. The molecule has 0 aliphatic carbocycles. The van der Waals surface area contributed by atoms with E-state index in [2.05, 4.69) is 4.74 Å². The van der Waals surface area contributed by atoms with Gasteiger partial charge in [0.1, 0.15) is 4.75 Å². The predicted molar refractivity (Wildman–Crippen MR) is 59.3 cm³/mol. The van der Waals surface area contributed by atoms with Gasteiger partial charge in [-0.25, -0.2) is 0 Å². The predicted octanol–water partition coefficient (Wildman–Crippen LogP) is 0.0682. The minimum Gasteiger partial charge on any atom is -0.480 e. The Bertz CT molecular complexity index is 385. The van der Waals surface area contributed by atoms with E-state index in [4.69, 9.17) is 0 Å². The van der Waals surface area contributed by atoms with Gasteiger partial charge >= 0.3 is 11.9 Å². The molecular formula is C10H13NO5S. The third-order valence-corrected chi connectivity index (χ3v) is 4.81. The highest BCUT2D eigenvalue weighted by Gasteiger charge is 2.56. The molecule has 2 fully saturated rings. The summed E-state index contributed by atoms with van der Waals surface area (Å²) in [5, 5.41) is 9.26. The molecule has 7 heteroatoms. The number of esters is 1. The van der Waals surface area contributed by atoms with E-state index in [0.29, 0.717) is 6.42 Å². The van der Waals surface area contributed by atoms with Crippen LogP contribution in [0.5, 0.6) is 0 Å². The Kier molecular flexibility index (Phi) is 3.03. The first-order valence-electron chi connectivity index (χ1n) is 5.26. The number of hydrogen-bond acceptors (Lipinski definition) is 5. The van der Waals surface area contributed by atoms with Crippen LogP contribution in [0.25, 0.3) is 0 Å². The summed E-state index contributed by atoms with van der Waals surface area (Å²) in [6, 6.07) is 0. The van der Waals surface area contributed by atoms with Gasteiger partial charge < -0.3 is 14.7 Å². The summed E-state index contributed by atoms with van der Waals surface area (Å²) < 4.78 is 3.45. The molecule has 2 aliphatic rings. The third-order valence-electron chi connectivity index (χ3n) is 3.15. The molecule has 2 atom stereocenters. The highest BCUT2D eigenvalue weighted by Crippen LogP contribution is 2.48. The topological polar surface area (TPSA) is 83.9 Å². The quantitative estimate of drug-likeness (QED) is 0.568. The molecule has 2 saturated heterocycles. The highest BCUT2D eigenvalue weighted by molar-refractivity contribution is 8.02. The average Bonchev–Trinajstić information content (AvgIpc) is 2.60. The first kappa shape index (κ1) is 12.2. The smallest absolute Gasteiger partial charge is 0.321 e. The number of fused-ring (bicyclic) bond motifs is 1. The summed E-state index contributed by atoms with van der Waals surface area (Å²) >= 11 is 1.27. The molecule has 17 heavy (non-hydrogen) atoms. The van der Waals surface area contributed by atoms with Crippen LogP contribution in [0.15, 0.2) is 0 Å². The monoisotopic (exact) mass is 259 g/mol. The van der Waals surface area contributed by atoms with Crippen molar-refractivity contribution in [3.8, 4) is 0 Å². The Morgan fingerprint density at radius 1 is 1.65 bits per heavy atom. The van der Waals surface area contributed by atoms with Crippen molar-refractivity contribution in [1.82, 2.24) is 4.90 Å². The standard InChI is InChI=1S/C10H13NO5S/c1-16-8(13)2-3-10(9(14)15)5-11-6(12)4-7(11)17-10/h7H,2-5H2,1H3,(H,14,15)/t7-,10?/m1/s1. The van der Waals surface area contributed by atoms with Gasteiger partial charge in [0.05, 0.1) is 18.9 Å². The lowest BCUT2D eigenvalue weighted by Gasteiger charge is -2.32. The van der Waals surface area contributed by atoms with Gasteiger partial charge in [0.2, 0.25) is 5.91 Å². The zero-order valence-corrected chi connectivity index (χ0v) is 10.2. The molecule has 1 unspecified atom stereocenters. The second-order valence-corrected chi connectivity index (χ2v) is 5.74. The van der Waals surface area contributed by atoms with E-state index in [0.717, 1.165) is 0 Å². The van der Waals surface area contributed by atoms with Crippen molar-refractivity contribution in [1.29, 1.82) is 0 Å². The minimum absolute atomic E-state index is 0.0105. The van der Waals surface area contributed by atoms with E-state index in [-0.39, 0.29) is 30.7 Å². The van der Waals surface area contributed by atoms with E-state index >= 15 is 0 Å². The Morgan fingerprint density at radius 2 is 2.35 bits per heavy atom. The van der Waals surface area contributed by atoms with Crippen molar-refractivity contribution >= 4 is 29.6 Å². The van der Waals surface area contributed by atoms with Crippen molar-refractivity contribution in [3.05, 3.63) is 0 Å². The number of hydrogen-bond donors (Lipinski definition) is 1. The first-order valence-corrected chi connectivity index (χ1v) is 6.14. The van der Waals surface area contributed by atoms with Crippen LogP contribution >= 0.6 is 11.8 Å². The van der Waals surface area contributed by atoms with Gasteiger partial charge in [0.15, 0.2) is 0 Å². The largest absolute Gasteiger partial charge is 0.480 e. The summed E-state index contributed by atoms with van der Waals surface area (Å²) in [6.45, 7) is 0.188. The van der Waals surface area contributed by atoms with E-state index in [9.17, 15) is 19.5 Å². The molecule has 0 saturated carbocycles. The van der Waals surface area contributed by atoms with Gasteiger partial charge in [-0.3, -0.25) is 14.4 Å². The van der Waals surface area contributed by atoms with Gasteiger partial charge in [0, 0.05) is 13.0 Å². The fourth-order valence-corrected chi connectivity index (χ4v) is 3.66. The maximum absolute atomic E-state index is 11.3. The van der Waals surface area contributed by atoms with Crippen LogP contribution in [0.4, 0.5) is 0 Å². The molecule has 0 spiro atoms. The van der Waals surface area contributed by atoms with Gasteiger partial charge in [-0.1, -0.05) is 0 Å². The van der Waals surface area contributed by atoms with Crippen molar-refractivity contribution in [3.63, 3.8) is 0 Å².